The number of halogens is 1. The number of anilines is 1. The second kappa shape index (κ2) is 6.87. The maximum absolute atomic E-state index is 12.3. The van der Waals surface area contributed by atoms with Gasteiger partial charge in [-0.05, 0) is 30.7 Å². The molecule has 1 aliphatic rings. The zero-order valence-corrected chi connectivity index (χ0v) is 13.5. The quantitative estimate of drug-likeness (QED) is 0.851. The molecule has 0 N–H and O–H groups in total. The Kier molecular flexibility index (Phi) is 4.66. The Morgan fingerprint density at radius 2 is 2.09 bits per heavy atom. The molecule has 7 nitrogen and oxygen atoms in total. The lowest BCUT2D eigenvalue weighted by molar-refractivity contribution is 0.0714. The lowest BCUT2D eigenvalue weighted by Gasteiger charge is -2.34. The normalized spacial score (nSPS) is 14.9. The molecule has 3 heterocycles. The number of furan rings is 1. The van der Waals surface area contributed by atoms with E-state index in [1.165, 1.54) is 0 Å². The van der Waals surface area contributed by atoms with Gasteiger partial charge in [0.2, 0.25) is 11.8 Å². The van der Waals surface area contributed by atoms with Crippen LogP contribution in [-0.4, -0.2) is 53.6 Å². The van der Waals surface area contributed by atoms with Crippen molar-refractivity contribution in [1.82, 2.24) is 14.9 Å². The van der Waals surface area contributed by atoms with Crippen LogP contribution in [0.25, 0.3) is 0 Å². The van der Waals surface area contributed by atoms with Crippen molar-refractivity contribution in [2.75, 3.05) is 37.7 Å². The molecular formula is C15H17ClN4O3. The molecule has 0 unspecified atom stereocenters. The van der Waals surface area contributed by atoms with Crippen LogP contribution < -0.4 is 9.64 Å². The predicted molar refractivity (Wildman–Crippen MR) is 85.0 cm³/mol. The SMILES string of the molecule is CCOc1ccnc(N2CCN(C(=O)c3ccc(Cl)o3)CC2)n1. The van der Waals surface area contributed by atoms with Crippen LogP contribution >= 0.6 is 11.6 Å². The number of amides is 1. The fourth-order valence-corrected chi connectivity index (χ4v) is 2.55. The van der Waals surface area contributed by atoms with Crippen LogP contribution in [0, 0.1) is 0 Å². The third kappa shape index (κ3) is 3.56. The number of carbonyl (C=O) groups is 1. The van der Waals surface area contributed by atoms with Gasteiger partial charge in [-0.15, -0.1) is 0 Å². The van der Waals surface area contributed by atoms with Crippen LogP contribution in [-0.2, 0) is 0 Å². The van der Waals surface area contributed by atoms with Gasteiger partial charge in [0.1, 0.15) is 0 Å². The van der Waals surface area contributed by atoms with Gasteiger partial charge in [0.25, 0.3) is 5.91 Å². The molecule has 1 fully saturated rings. The summed E-state index contributed by atoms with van der Waals surface area (Å²) in [6.07, 6.45) is 1.68. The molecule has 122 valence electrons. The summed E-state index contributed by atoms with van der Waals surface area (Å²) >= 11 is 5.71. The highest BCUT2D eigenvalue weighted by Crippen LogP contribution is 2.18. The first-order valence-corrected chi connectivity index (χ1v) is 7.80. The average molecular weight is 337 g/mol. The van der Waals surface area contributed by atoms with Crippen LogP contribution in [0.15, 0.2) is 28.8 Å². The van der Waals surface area contributed by atoms with Crippen LogP contribution in [0.3, 0.4) is 0 Å². The molecule has 0 aromatic carbocycles. The highest BCUT2D eigenvalue weighted by molar-refractivity contribution is 6.29. The Labute approximate surface area is 138 Å². The number of carbonyl (C=O) groups excluding carboxylic acids is 1. The Balaban J connectivity index is 1.62. The highest BCUT2D eigenvalue weighted by Gasteiger charge is 2.25. The molecule has 1 saturated heterocycles. The van der Waals surface area contributed by atoms with Crippen molar-refractivity contribution in [2.24, 2.45) is 0 Å². The van der Waals surface area contributed by atoms with Gasteiger partial charge in [0, 0.05) is 38.4 Å². The number of hydrogen-bond donors (Lipinski definition) is 0. The van der Waals surface area contributed by atoms with E-state index in [9.17, 15) is 4.79 Å². The first kappa shape index (κ1) is 15.6. The fraction of sp³-hybridized carbons (Fsp3) is 0.400. The average Bonchev–Trinajstić information content (AvgIpc) is 3.01. The van der Waals surface area contributed by atoms with Crippen LogP contribution in [0.4, 0.5) is 5.95 Å². The molecular weight excluding hydrogens is 320 g/mol. The maximum atomic E-state index is 12.3. The molecule has 1 aliphatic heterocycles. The molecule has 3 rings (SSSR count). The predicted octanol–water partition coefficient (Wildman–Crippen LogP) is 2.08. The van der Waals surface area contributed by atoms with E-state index in [1.807, 2.05) is 11.8 Å². The van der Waals surface area contributed by atoms with Crippen LogP contribution in [0.1, 0.15) is 17.5 Å². The molecule has 2 aromatic heterocycles. The summed E-state index contributed by atoms with van der Waals surface area (Å²) in [4.78, 5) is 24.7. The van der Waals surface area contributed by atoms with Gasteiger partial charge in [0.15, 0.2) is 11.0 Å². The number of hydrogen-bond acceptors (Lipinski definition) is 6. The number of nitrogens with zero attached hydrogens (tertiary/aromatic N) is 4. The molecule has 0 atom stereocenters. The summed E-state index contributed by atoms with van der Waals surface area (Å²) in [5.74, 6) is 1.28. The van der Waals surface area contributed by atoms with E-state index in [1.54, 1.807) is 29.3 Å². The minimum Gasteiger partial charge on any atom is -0.478 e. The Morgan fingerprint density at radius 1 is 1.30 bits per heavy atom. The lowest BCUT2D eigenvalue weighted by atomic mass is 10.3. The summed E-state index contributed by atoms with van der Waals surface area (Å²) in [6.45, 7) is 4.90. The standard InChI is InChI=1S/C15H17ClN4O3/c1-2-22-13-5-6-17-15(18-13)20-9-7-19(8-10-20)14(21)11-3-4-12(16)23-11/h3-6H,2,7-10H2,1H3. The molecule has 0 radical (unpaired) electrons. The summed E-state index contributed by atoms with van der Waals surface area (Å²) in [5.41, 5.74) is 0. The smallest absolute Gasteiger partial charge is 0.289 e. The van der Waals surface area contributed by atoms with Crippen molar-refractivity contribution in [2.45, 2.75) is 6.92 Å². The molecule has 0 saturated carbocycles. The minimum absolute atomic E-state index is 0.152. The molecule has 23 heavy (non-hydrogen) atoms. The van der Waals surface area contributed by atoms with Crippen molar-refractivity contribution in [1.29, 1.82) is 0 Å². The van der Waals surface area contributed by atoms with Crippen LogP contribution in [0.2, 0.25) is 5.22 Å². The molecule has 1 amide bonds. The van der Waals surface area contributed by atoms with Gasteiger partial charge in [-0.1, -0.05) is 0 Å². The Bertz CT molecular complexity index is 683. The second-order valence-electron chi connectivity index (χ2n) is 5.01. The van der Waals surface area contributed by atoms with Crippen molar-refractivity contribution in [3.05, 3.63) is 35.4 Å². The monoisotopic (exact) mass is 336 g/mol. The van der Waals surface area contributed by atoms with Gasteiger partial charge in [-0.2, -0.15) is 4.98 Å². The highest BCUT2D eigenvalue weighted by atomic mass is 35.5. The van der Waals surface area contributed by atoms with Crippen molar-refractivity contribution in [3.63, 3.8) is 0 Å². The summed E-state index contributed by atoms with van der Waals surface area (Å²) in [7, 11) is 0. The number of piperazine rings is 1. The zero-order valence-electron chi connectivity index (χ0n) is 12.7. The molecule has 0 bridgehead atoms. The van der Waals surface area contributed by atoms with Crippen molar-refractivity contribution >= 4 is 23.5 Å². The minimum atomic E-state index is -0.152. The first-order valence-electron chi connectivity index (χ1n) is 7.43. The van der Waals surface area contributed by atoms with E-state index >= 15 is 0 Å². The molecule has 2 aromatic rings. The van der Waals surface area contributed by atoms with Gasteiger partial charge >= 0.3 is 0 Å². The lowest BCUT2D eigenvalue weighted by Crippen LogP contribution is -2.49. The Hall–Kier alpha value is -2.28. The largest absolute Gasteiger partial charge is 0.478 e. The van der Waals surface area contributed by atoms with Gasteiger partial charge < -0.3 is 19.0 Å². The maximum Gasteiger partial charge on any atom is 0.289 e. The van der Waals surface area contributed by atoms with Gasteiger partial charge in [-0.3, -0.25) is 4.79 Å². The van der Waals surface area contributed by atoms with E-state index in [-0.39, 0.29) is 16.9 Å². The molecule has 0 spiro atoms. The van der Waals surface area contributed by atoms with Gasteiger partial charge in [-0.25, -0.2) is 4.98 Å². The topological polar surface area (TPSA) is 71.7 Å². The molecule has 8 heteroatoms. The fourth-order valence-electron chi connectivity index (χ4n) is 2.41. The van der Waals surface area contributed by atoms with Crippen molar-refractivity contribution in [3.8, 4) is 5.88 Å². The number of ether oxygens (including phenoxy) is 1. The van der Waals surface area contributed by atoms with E-state index in [0.717, 1.165) is 0 Å². The van der Waals surface area contributed by atoms with Gasteiger partial charge in [0.05, 0.1) is 6.61 Å². The molecule has 0 aliphatic carbocycles. The van der Waals surface area contributed by atoms with E-state index in [2.05, 4.69) is 9.97 Å². The third-order valence-corrected chi connectivity index (χ3v) is 3.75. The number of aromatic nitrogens is 2. The summed E-state index contributed by atoms with van der Waals surface area (Å²) < 4.78 is 10.6. The third-order valence-electron chi connectivity index (χ3n) is 3.54. The first-order chi connectivity index (χ1) is 11.2. The Morgan fingerprint density at radius 3 is 2.74 bits per heavy atom. The van der Waals surface area contributed by atoms with E-state index in [4.69, 9.17) is 20.8 Å². The summed E-state index contributed by atoms with van der Waals surface area (Å²) in [6, 6.07) is 4.89. The summed E-state index contributed by atoms with van der Waals surface area (Å²) in [5, 5.41) is 0.216. The van der Waals surface area contributed by atoms with Crippen LogP contribution in [0.5, 0.6) is 5.88 Å². The van der Waals surface area contributed by atoms with E-state index < -0.39 is 0 Å². The zero-order chi connectivity index (χ0) is 16.2. The second-order valence-corrected chi connectivity index (χ2v) is 5.38. The number of rotatable bonds is 4. The van der Waals surface area contributed by atoms with Crippen molar-refractivity contribution < 1.29 is 13.9 Å². The van der Waals surface area contributed by atoms with E-state index in [0.29, 0.717) is 44.6 Å².